The van der Waals surface area contributed by atoms with Crippen LogP contribution in [0.25, 0.3) is 6.08 Å². The minimum Gasteiger partial charge on any atom is -0.369 e. The molecule has 0 spiro atoms. The van der Waals surface area contributed by atoms with Gasteiger partial charge >= 0.3 is 0 Å². The lowest BCUT2D eigenvalue weighted by Crippen LogP contribution is -2.41. The predicted molar refractivity (Wildman–Crippen MR) is 68.5 cm³/mol. The SMILES string of the molecule is CC(C(N)=O)(c1cccc2c1C=CC2)C1CC1. The molecular formula is C15H17NO. The van der Waals surface area contributed by atoms with Gasteiger partial charge in [0.25, 0.3) is 0 Å². The zero-order valence-corrected chi connectivity index (χ0v) is 10.1. The van der Waals surface area contributed by atoms with Crippen LogP contribution in [0.1, 0.15) is 36.5 Å². The van der Waals surface area contributed by atoms with Crippen LogP contribution in [0, 0.1) is 5.92 Å². The summed E-state index contributed by atoms with van der Waals surface area (Å²) < 4.78 is 0. The van der Waals surface area contributed by atoms with Crippen LogP contribution in [-0.2, 0) is 16.6 Å². The number of carbonyl (C=O) groups is 1. The minimum atomic E-state index is -0.486. The van der Waals surface area contributed by atoms with Crippen molar-refractivity contribution in [2.24, 2.45) is 11.7 Å². The van der Waals surface area contributed by atoms with Crippen LogP contribution in [0.5, 0.6) is 0 Å². The molecule has 2 N–H and O–H groups in total. The number of fused-ring (bicyclic) bond motifs is 1. The van der Waals surface area contributed by atoms with Crippen LogP contribution in [0.2, 0.25) is 0 Å². The van der Waals surface area contributed by atoms with Gasteiger partial charge in [0.15, 0.2) is 0 Å². The van der Waals surface area contributed by atoms with Crippen LogP contribution < -0.4 is 5.73 Å². The molecule has 1 atom stereocenters. The van der Waals surface area contributed by atoms with Crippen molar-refractivity contribution in [2.45, 2.75) is 31.6 Å². The van der Waals surface area contributed by atoms with E-state index in [-0.39, 0.29) is 5.91 Å². The van der Waals surface area contributed by atoms with E-state index in [2.05, 4.69) is 24.3 Å². The molecule has 1 saturated carbocycles. The number of hydrogen-bond donors (Lipinski definition) is 1. The molecule has 0 heterocycles. The van der Waals surface area contributed by atoms with E-state index in [1.807, 2.05) is 13.0 Å². The van der Waals surface area contributed by atoms with E-state index in [9.17, 15) is 4.79 Å². The van der Waals surface area contributed by atoms with E-state index in [0.717, 1.165) is 24.8 Å². The molecule has 0 aromatic heterocycles. The Hall–Kier alpha value is -1.57. The first kappa shape index (κ1) is 10.6. The van der Waals surface area contributed by atoms with Crippen LogP contribution in [0.4, 0.5) is 0 Å². The first-order chi connectivity index (χ1) is 8.14. The van der Waals surface area contributed by atoms with E-state index < -0.39 is 5.41 Å². The summed E-state index contributed by atoms with van der Waals surface area (Å²) in [4.78, 5) is 11.9. The van der Waals surface area contributed by atoms with Crippen LogP contribution >= 0.6 is 0 Å². The third kappa shape index (κ3) is 1.43. The Morgan fingerprint density at radius 3 is 2.82 bits per heavy atom. The Kier molecular flexibility index (Phi) is 2.15. The lowest BCUT2D eigenvalue weighted by atomic mass is 9.74. The molecule has 3 rings (SSSR count). The molecule has 2 heteroatoms. The minimum absolute atomic E-state index is 0.186. The van der Waals surface area contributed by atoms with Crippen molar-refractivity contribution in [3.63, 3.8) is 0 Å². The molecule has 2 aliphatic carbocycles. The predicted octanol–water partition coefficient (Wildman–Crippen LogP) is 2.41. The molecule has 0 bridgehead atoms. The van der Waals surface area contributed by atoms with Gasteiger partial charge in [-0.15, -0.1) is 0 Å². The molecule has 2 aliphatic rings. The Labute approximate surface area is 102 Å². The summed E-state index contributed by atoms with van der Waals surface area (Å²) in [6.07, 6.45) is 7.50. The Morgan fingerprint density at radius 1 is 1.41 bits per heavy atom. The largest absolute Gasteiger partial charge is 0.369 e. The lowest BCUT2D eigenvalue weighted by Gasteiger charge is -2.28. The summed E-state index contributed by atoms with van der Waals surface area (Å²) in [5, 5.41) is 0. The number of hydrogen-bond acceptors (Lipinski definition) is 1. The Balaban J connectivity index is 2.17. The van der Waals surface area contributed by atoms with Crippen LogP contribution in [0.15, 0.2) is 24.3 Å². The zero-order chi connectivity index (χ0) is 12.0. The average Bonchev–Trinajstić information content (AvgIpc) is 3.05. The molecular weight excluding hydrogens is 210 g/mol. The standard InChI is InChI=1S/C15H17NO/c1-15(14(16)17,11-8-9-11)13-7-3-5-10-4-2-6-12(10)13/h2-3,5-7,11H,4,8-9H2,1H3,(H2,16,17). The van der Waals surface area contributed by atoms with Crippen molar-refractivity contribution in [1.29, 1.82) is 0 Å². The number of benzene rings is 1. The Bertz CT molecular complexity index is 514. The maximum atomic E-state index is 11.9. The number of rotatable bonds is 3. The summed E-state index contributed by atoms with van der Waals surface area (Å²) in [6.45, 7) is 2.01. The quantitative estimate of drug-likeness (QED) is 0.846. The van der Waals surface area contributed by atoms with E-state index in [0.29, 0.717) is 5.92 Å². The van der Waals surface area contributed by atoms with Crippen molar-refractivity contribution in [2.75, 3.05) is 0 Å². The summed E-state index contributed by atoms with van der Waals surface area (Å²) in [7, 11) is 0. The van der Waals surface area contributed by atoms with Gasteiger partial charge in [0.1, 0.15) is 0 Å². The highest BCUT2D eigenvalue weighted by molar-refractivity contribution is 5.89. The molecule has 0 radical (unpaired) electrons. The first-order valence-electron chi connectivity index (χ1n) is 6.23. The van der Waals surface area contributed by atoms with Gasteiger partial charge in [-0.2, -0.15) is 0 Å². The first-order valence-corrected chi connectivity index (χ1v) is 6.23. The van der Waals surface area contributed by atoms with Crippen LogP contribution in [0.3, 0.4) is 0 Å². The van der Waals surface area contributed by atoms with E-state index in [1.165, 1.54) is 11.1 Å². The second kappa shape index (κ2) is 3.46. The van der Waals surface area contributed by atoms with Crippen molar-refractivity contribution in [3.8, 4) is 0 Å². The maximum Gasteiger partial charge on any atom is 0.228 e. The molecule has 1 unspecified atom stereocenters. The van der Waals surface area contributed by atoms with Gasteiger partial charge < -0.3 is 5.73 Å². The fraction of sp³-hybridized carbons (Fsp3) is 0.400. The summed E-state index contributed by atoms with van der Waals surface area (Å²) in [5.41, 5.74) is 8.85. The monoisotopic (exact) mass is 227 g/mol. The Morgan fingerprint density at radius 2 is 2.18 bits per heavy atom. The number of allylic oxidation sites excluding steroid dienone is 1. The molecule has 0 saturated heterocycles. The highest BCUT2D eigenvalue weighted by Gasteiger charge is 2.48. The number of nitrogens with two attached hydrogens (primary N) is 1. The topological polar surface area (TPSA) is 43.1 Å². The van der Waals surface area contributed by atoms with Crippen molar-refractivity contribution < 1.29 is 4.79 Å². The average molecular weight is 227 g/mol. The van der Waals surface area contributed by atoms with Gasteiger partial charge in [0.2, 0.25) is 5.91 Å². The van der Waals surface area contributed by atoms with Gasteiger partial charge in [0, 0.05) is 0 Å². The van der Waals surface area contributed by atoms with E-state index in [4.69, 9.17) is 5.73 Å². The number of primary amides is 1. The smallest absolute Gasteiger partial charge is 0.228 e. The van der Waals surface area contributed by atoms with Gasteiger partial charge in [-0.05, 0) is 48.8 Å². The fourth-order valence-corrected chi connectivity index (χ4v) is 2.96. The summed E-state index contributed by atoms with van der Waals surface area (Å²) >= 11 is 0. The molecule has 1 fully saturated rings. The van der Waals surface area contributed by atoms with Gasteiger partial charge in [-0.3, -0.25) is 4.79 Å². The number of amides is 1. The van der Waals surface area contributed by atoms with Crippen molar-refractivity contribution >= 4 is 12.0 Å². The van der Waals surface area contributed by atoms with E-state index in [1.54, 1.807) is 0 Å². The summed E-state index contributed by atoms with van der Waals surface area (Å²) in [5.74, 6) is 0.245. The highest BCUT2D eigenvalue weighted by atomic mass is 16.1. The molecule has 0 aliphatic heterocycles. The maximum absolute atomic E-state index is 11.9. The second-order valence-electron chi connectivity index (χ2n) is 5.33. The second-order valence-corrected chi connectivity index (χ2v) is 5.33. The van der Waals surface area contributed by atoms with Gasteiger partial charge in [-0.1, -0.05) is 30.4 Å². The molecule has 1 aromatic carbocycles. The van der Waals surface area contributed by atoms with Gasteiger partial charge in [-0.25, -0.2) is 0 Å². The zero-order valence-electron chi connectivity index (χ0n) is 10.1. The van der Waals surface area contributed by atoms with Crippen molar-refractivity contribution in [3.05, 3.63) is 41.0 Å². The normalized spacial score (nSPS) is 21.0. The molecule has 2 nitrogen and oxygen atoms in total. The molecule has 1 amide bonds. The lowest BCUT2D eigenvalue weighted by molar-refractivity contribution is -0.123. The molecule has 1 aromatic rings. The molecule has 17 heavy (non-hydrogen) atoms. The molecule has 88 valence electrons. The third-order valence-corrected chi connectivity index (χ3v) is 4.28. The summed E-state index contributed by atoms with van der Waals surface area (Å²) in [6, 6.07) is 6.25. The van der Waals surface area contributed by atoms with Crippen molar-refractivity contribution in [1.82, 2.24) is 0 Å². The highest BCUT2D eigenvalue weighted by Crippen LogP contribution is 2.49. The number of carbonyl (C=O) groups excluding carboxylic acids is 1. The van der Waals surface area contributed by atoms with Gasteiger partial charge in [0.05, 0.1) is 5.41 Å². The third-order valence-electron chi connectivity index (χ3n) is 4.28. The fourth-order valence-electron chi connectivity index (χ4n) is 2.96. The van der Waals surface area contributed by atoms with E-state index >= 15 is 0 Å². The van der Waals surface area contributed by atoms with Crippen LogP contribution in [-0.4, -0.2) is 5.91 Å².